The highest BCUT2D eigenvalue weighted by Gasteiger charge is 2.01. The summed E-state index contributed by atoms with van der Waals surface area (Å²) in [5, 5.41) is 5.64. The average Bonchev–Trinajstić information content (AvgIpc) is 2.89. The molecule has 0 bridgehead atoms. The van der Waals surface area contributed by atoms with Crippen LogP contribution in [-0.2, 0) is 11.2 Å². The number of hydrogen-bond acceptors (Lipinski definition) is 4. The Morgan fingerprint density at radius 1 is 1.28 bits per heavy atom. The third kappa shape index (κ3) is 7.11. The molecule has 0 atom stereocenters. The summed E-state index contributed by atoms with van der Waals surface area (Å²) < 4.78 is 5.38. The van der Waals surface area contributed by atoms with E-state index in [1.54, 1.807) is 0 Å². The number of thiophene rings is 1. The summed E-state index contributed by atoms with van der Waals surface area (Å²) in [5.74, 6) is 0. The standard InChI is InChI=1S/C14H26N2OS/c1-3-16(11-12-17-4-2)10-9-15-8-7-14-6-5-13-18-14/h5-6,13,15H,3-4,7-12H2,1-2H3. The van der Waals surface area contributed by atoms with E-state index in [4.69, 9.17) is 4.74 Å². The van der Waals surface area contributed by atoms with Crippen LogP contribution >= 0.6 is 11.3 Å². The predicted octanol–water partition coefficient (Wildman–Crippen LogP) is 2.24. The van der Waals surface area contributed by atoms with Gasteiger partial charge < -0.3 is 15.0 Å². The van der Waals surface area contributed by atoms with Gasteiger partial charge in [0, 0.05) is 37.7 Å². The third-order valence-corrected chi connectivity index (χ3v) is 3.87. The molecule has 1 N–H and O–H groups in total. The van der Waals surface area contributed by atoms with E-state index >= 15 is 0 Å². The van der Waals surface area contributed by atoms with E-state index in [2.05, 4.69) is 34.7 Å². The number of nitrogens with one attached hydrogen (secondary N) is 1. The molecule has 0 saturated carbocycles. The number of likely N-dealkylation sites (N-methyl/N-ethyl adjacent to an activating group) is 1. The average molecular weight is 270 g/mol. The summed E-state index contributed by atoms with van der Waals surface area (Å²) >= 11 is 1.84. The van der Waals surface area contributed by atoms with Gasteiger partial charge in [-0.25, -0.2) is 0 Å². The van der Waals surface area contributed by atoms with E-state index < -0.39 is 0 Å². The smallest absolute Gasteiger partial charge is 0.0593 e. The molecule has 18 heavy (non-hydrogen) atoms. The molecule has 0 fully saturated rings. The fourth-order valence-electron chi connectivity index (χ4n) is 1.79. The van der Waals surface area contributed by atoms with Crippen molar-refractivity contribution in [3.63, 3.8) is 0 Å². The first kappa shape index (κ1) is 15.6. The van der Waals surface area contributed by atoms with Crippen LogP contribution in [0.1, 0.15) is 18.7 Å². The molecule has 0 aliphatic carbocycles. The van der Waals surface area contributed by atoms with Crippen LogP contribution < -0.4 is 5.32 Å². The maximum absolute atomic E-state index is 5.38. The van der Waals surface area contributed by atoms with Crippen molar-refractivity contribution in [3.8, 4) is 0 Å². The van der Waals surface area contributed by atoms with E-state index in [-0.39, 0.29) is 0 Å². The van der Waals surface area contributed by atoms with E-state index in [1.165, 1.54) is 4.88 Å². The Morgan fingerprint density at radius 3 is 2.83 bits per heavy atom. The topological polar surface area (TPSA) is 24.5 Å². The van der Waals surface area contributed by atoms with Crippen LogP contribution in [0, 0.1) is 0 Å². The Balaban J connectivity index is 1.97. The largest absolute Gasteiger partial charge is 0.380 e. The van der Waals surface area contributed by atoms with Gasteiger partial charge in [-0.1, -0.05) is 13.0 Å². The molecule has 0 aliphatic rings. The zero-order chi connectivity index (χ0) is 13.1. The Hall–Kier alpha value is -0.420. The van der Waals surface area contributed by atoms with Gasteiger partial charge in [-0.2, -0.15) is 0 Å². The van der Waals surface area contributed by atoms with Gasteiger partial charge in [0.2, 0.25) is 0 Å². The molecule has 4 heteroatoms. The molecule has 0 unspecified atom stereocenters. The van der Waals surface area contributed by atoms with Gasteiger partial charge in [-0.05, 0) is 31.3 Å². The molecule has 1 aromatic rings. The number of rotatable bonds is 11. The summed E-state index contributed by atoms with van der Waals surface area (Å²) in [6.07, 6.45) is 1.14. The minimum atomic E-state index is 0.816. The van der Waals surface area contributed by atoms with Crippen LogP contribution in [0.4, 0.5) is 0 Å². The van der Waals surface area contributed by atoms with Crippen molar-refractivity contribution in [2.75, 3.05) is 45.9 Å². The highest BCUT2D eigenvalue weighted by molar-refractivity contribution is 7.09. The van der Waals surface area contributed by atoms with Crippen molar-refractivity contribution >= 4 is 11.3 Å². The second-order valence-electron chi connectivity index (χ2n) is 4.21. The van der Waals surface area contributed by atoms with E-state index in [0.717, 1.165) is 52.4 Å². The summed E-state index contributed by atoms with van der Waals surface area (Å²) in [4.78, 5) is 3.89. The second-order valence-corrected chi connectivity index (χ2v) is 5.24. The molecule has 1 aromatic heterocycles. The Labute approximate surface area is 115 Å². The van der Waals surface area contributed by atoms with Crippen molar-refractivity contribution in [3.05, 3.63) is 22.4 Å². The highest BCUT2D eigenvalue weighted by Crippen LogP contribution is 2.07. The van der Waals surface area contributed by atoms with Crippen molar-refractivity contribution in [1.82, 2.24) is 10.2 Å². The highest BCUT2D eigenvalue weighted by atomic mass is 32.1. The SMILES string of the molecule is CCOCCN(CC)CCNCCc1cccs1. The monoisotopic (exact) mass is 270 g/mol. The van der Waals surface area contributed by atoms with Gasteiger partial charge in [0.25, 0.3) is 0 Å². The first-order chi connectivity index (χ1) is 8.86. The molecule has 0 spiro atoms. The molecular weight excluding hydrogens is 244 g/mol. The zero-order valence-electron chi connectivity index (χ0n) is 11.7. The lowest BCUT2D eigenvalue weighted by molar-refractivity contribution is 0.115. The molecule has 104 valence electrons. The summed E-state index contributed by atoms with van der Waals surface area (Å²) in [6, 6.07) is 4.32. The first-order valence-corrected chi connectivity index (χ1v) is 7.78. The van der Waals surface area contributed by atoms with Crippen LogP contribution in [0.2, 0.25) is 0 Å². The molecule has 0 aliphatic heterocycles. The van der Waals surface area contributed by atoms with Gasteiger partial charge in [0.15, 0.2) is 0 Å². The van der Waals surface area contributed by atoms with Crippen LogP contribution in [0.3, 0.4) is 0 Å². The van der Waals surface area contributed by atoms with Crippen molar-refractivity contribution in [2.45, 2.75) is 20.3 Å². The molecule has 0 radical (unpaired) electrons. The van der Waals surface area contributed by atoms with E-state index in [1.807, 2.05) is 18.3 Å². The Bertz CT molecular complexity index is 277. The van der Waals surface area contributed by atoms with Crippen molar-refractivity contribution in [1.29, 1.82) is 0 Å². The van der Waals surface area contributed by atoms with Crippen LogP contribution in [0.25, 0.3) is 0 Å². The van der Waals surface area contributed by atoms with E-state index in [0.29, 0.717) is 0 Å². The van der Waals surface area contributed by atoms with Crippen molar-refractivity contribution in [2.24, 2.45) is 0 Å². The number of ether oxygens (including phenoxy) is 1. The summed E-state index contributed by atoms with van der Waals surface area (Å²) in [5.41, 5.74) is 0. The third-order valence-electron chi connectivity index (χ3n) is 2.94. The lowest BCUT2D eigenvalue weighted by atomic mass is 10.3. The molecule has 3 nitrogen and oxygen atoms in total. The lowest BCUT2D eigenvalue weighted by Gasteiger charge is -2.20. The normalized spacial score (nSPS) is 11.3. The summed E-state index contributed by atoms with van der Waals surface area (Å²) in [6.45, 7) is 11.3. The molecule has 0 amide bonds. The molecule has 1 rings (SSSR count). The van der Waals surface area contributed by atoms with Gasteiger partial charge in [-0.15, -0.1) is 11.3 Å². The van der Waals surface area contributed by atoms with E-state index in [9.17, 15) is 0 Å². The fraction of sp³-hybridized carbons (Fsp3) is 0.714. The molecule has 0 aromatic carbocycles. The second kappa shape index (κ2) is 10.5. The van der Waals surface area contributed by atoms with Crippen molar-refractivity contribution < 1.29 is 4.74 Å². The summed E-state index contributed by atoms with van der Waals surface area (Å²) in [7, 11) is 0. The van der Waals surface area contributed by atoms with Crippen LogP contribution in [0.15, 0.2) is 17.5 Å². The quantitative estimate of drug-likeness (QED) is 0.624. The van der Waals surface area contributed by atoms with Gasteiger partial charge in [0.05, 0.1) is 6.61 Å². The molecular formula is C14H26N2OS. The number of hydrogen-bond donors (Lipinski definition) is 1. The predicted molar refractivity (Wildman–Crippen MR) is 79.5 cm³/mol. The Morgan fingerprint density at radius 2 is 2.17 bits per heavy atom. The van der Waals surface area contributed by atoms with Gasteiger partial charge in [0.1, 0.15) is 0 Å². The maximum atomic E-state index is 5.38. The number of nitrogens with zero attached hydrogens (tertiary/aromatic N) is 1. The first-order valence-electron chi connectivity index (χ1n) is 6.90. The molecule has 1 heterocycles. The minimum Gasteiger partial charge on any atom is -0.380 e. The fourth-order valence-corrected chi connectivity index (χ4v) is 2.50. The lowest BCUT2D eigenvalue weighted by Crippen LogP contribution is -2.35. The minimum absolute atomic E-state index is 0.816. The van der Waals surface area contributed by atoms with Crippen LogP contribution in [0.5, 0.6) is 0 Å². The molecule has 0 saturated heterocycles. The Kier molecular flexibility index (Phi) is 9.12. The maximum Gasteiger partial charge on any atom is 0.0593 e. The van der Waals surface area contributed by atoms with Gasteiger partial charge >= 0.3 is 0 Å². The zero-order valence-corrected chi connectivity index (χ0v) is 12.5. The van der Waals surface area contributed by atoms with Gasteiger partial charge in [-0.3, -0.25) is 0 Å². The van der Waals surface area contributed by atoms with Crippen LogP contribution in [-0.4, -0.2) is 50.8 Å².